The van der Waals surface area contributed by atoms with Crippen molar-refractivity contribution in [2.24, 2.45) is 5.10 Å². The highest BCUT2D eigenvalue weighted by molar-refractivity contribution is 5.69. The Morgan fingerprint density at radius 2 is 2.39 bits per heavy atom. The van der Waals surface area contributed by atoms with Gasteiger partial charge in [-0.25, -0.2) is 0 Å². The van der Waals surface area contributed by atoms with Crippen molar-refractivity contribution in [1.29, 1.82) is 0 Å². The fourth-order valence-corrected chi connectivity index (χ4v) is 2.07. The lowest BCUT2D eigenvalue weighted by Gasteiger charge is -2.20. The Morgan fingerprint density at radius 1 is 1.56 bits per heavy atom. The minimum atomic E-state index is -0.121. The molecular weight excluding hydrogens is 232 g/mol. The minimum Gasteiger partial charge on any atom is -0.466 e. The molecule has 1 heterocycles. The Balaban J connectivity index is 2.14. The van der Waals surface area contributed by atoms with Gasteiger partial charge in [-0.3, -0.25) is 9.80 Å². The normalized spacial score (nSPS) is 19.7. The third-order valence-electron chi connectivity index (χ3n) is 2.95. The molecule has 1 saturated heterocycles. The van der Waals surface area contributed by atoms with Gasteiger partial charge in [0.1, 0.15) is 0 Å². The second-order valence-corrected chi connectivity index (χ2v) is 4.41. The molecule has 0 unspecified atom stereocenters. The van der Waals surface area contributed by atoms with Gasteiger partial charge >= 0.3 is 5.97 Å². The first kappa shape index (κ1) is 15.0. The highest BCUT2D eigenvalue weighted by Crippen LogP contribution is 2.17. The van der Waals surface area contributed by atoms with Crippen molar-refractivity contribution in [3.05, 3.63) is 0 Å². The average Bonchev–Trinajstić information content (AvgIpc) is 2.77. The zero-order valence-electron chi connectivity index (χ0n) is 11.4. The largest absolute Gasteiger partial charge is 0.466 e. The third kappa shape index (κ3) is 5.49. The lowest BCUT2D eigenvalue weighted by molar-refractivity contribution is -0.143. The molecule has 1 aliphatic rings. The molecule has 1 aliphatic heterocycles. The molecule has 0 saturated carbocycles. The molecule has 0 spiro atoms. The van der Waals surface area contributed by atoms with E-state index in [0.29, 0.717) is 19.1 Å². The third-order valence-corrected chi connectivity index (χ3v) is 2.95. The Hall–Kier alpha value is -1.10. The summed E-state index contributed by atoms with van der Waals surface area (Å²) in [4.78, 5) is 11.1. The number of hydrazone groups is 1. The molecule has 1 rings (SSSR count). The van der Waals surface area contributed by atoms with E-state index in [1.807, 2.05) is 13.1 Å². The summed E-state index contributed by atoms with van der Waals surface area (Å²) < 4.78 is 10.0. The smallest absolute Gasteiger partial charge is 0.305 e. The van der Waals surface area contributed by atoms with Gasteiger partial charge in [-0.05, 0) is 32.6 Å². The average molecular weight is 256 g/mol. The maximum Gasteiger partial charge on any atom is 0.305 e. The highest BCUT2D eigenvalue weighted by atomic mass is 16.5. The van der Waals surface area contributed by atoms with E-state index in [1.165, 1.54) is 6.42 Å². The van der Waals surface area contributed by atoms with Crippen molar-refractivity contribution < 1.29 is 14.3 Å². The van der Waals surface area contributed by atoms with Gasteiger partial charge in [0.2, 0.25) is 0 Å². The van der Waals surface area contributed by atoms with Crippen LogP contribution in [0.5, 0.6) is 0 Å². The highest BCUT2D eigenvalue weighted by Gasteiger charge is 2.22. The maximum absolute atomic E-state index is 11.1. The summed E-state index contributed by atoms with van der Waals surface area (Å²) in [7, 11) is 1.72. The fraction of sp³-hybridized carbons (Fsp3) is 0.846. The Labute approximate surface area is 109 Å². The molecule has 0 aliphatic carbocycles. The standard InChI is InChI=1S/C13H24N2O3/c1-3-18-13(16)8-4-5-9-14-15-10-6-7-12(15)11-17-2/h9,12H,3-8,10-11H2,1-2H3/b14-9+/t12-/m0/s1. The summed E-state index contributed by atoms with van der Waals surface area (Å²) in [5.74, 6) is -0.121. The Morgan fingerprint density at radius 3 is 3.11 bits per heavy atom. The molecule has 5 heteroatoms. The van der Waals surface area contributed by atoms with Crippen molar-refractivity contribution in [2.75, 3.05) is 26.9 Å². The van der Waals surface area contributed by atoms with E-state index in [1.54, 1.807) is 7.11 Å². The molecule has 0 aromatic heterocycles. The van der Waals surface area contributed by atoms with Crippen LogP contribution in [0.15, 0.2) is 5.10 Å². The van der Waals surface area contributed by atoms with Crippen LogP contribution in [-0.4, -0.2) is 50.1 Å². The van der Waals surface area contributed by atoms with Crippen LogP contribution >= 0.6 is 0 Å². The quantitative estimate of drug-likeness (QED) is 0.377. The van der Waals surface area contributed by atoms with Gasteiger partial charge in [0.05, 0.1) is 19.3 Å². The van der Waals surface area contributed by atoms with Crippen LogP contribution in [0.4, 0.5) is 0 Å². The van der Waals surface area contributed by atoms with E-state index >= 15 is 0 Å². The Bertz CT molecular complexity index is 269. The topological polar surface area (TPSA) is 51.1 Å². The van der Waals surface area contributed by atoms with Crippen LogP contribution < -0.4 is 0 Å². The number of unbranched alkanes of at least 4 members (excludes halogenated alkanes) is 1. The monoisotopic (exact) mass is 256 g/mol. The van der Waals surface area contributed by atoms with Crippen molar-refractivity contribution in [1.82, 2.24) is 5.01 Å². The van der Waals surface area contributed by atoms with E-state index in [9.17, 15) is 4.79 Å². The first-order valence-corrected chi connectivity index (χ1v) is 6.71. The summed E-state index contributed by atoms with van der Waals surface area (Å²) in [5.41, 5.74) is 0. The minimum absolute atomic E-state index is 0.121. The number of rotatable bonds is 8. The van der Waals surface area contributed by atoms with Gasteiger partial charge in [-0.2, -0.15) is 5.10 Å². The lowest BCUT2D eigenvalue weighted by Crippen LogP contribution is -2.28. The Kier molecular flexibility index (Phi) is 7.41. The number of hydrogen-bond donors (Lipinski definition) is 0. The predicted octanol–water partition coefficient (Wildman–Crippen LogP) is 1.82. The fourth-order valence-electron chi connectivity index (χ4n) is 2.07. The second kappa shape index (κ2) is 8.91. The number of carbonyl (C=O) groups excluding carboxylic acids is 1. The van der Waals surface area contributed by atoms with Gasteiger partial charge in [0.15, 0.2) is 0 Å². The van der Waals surface area contributed by atoms with Crippen LogP contribution in [0.2, 0.25) is 0 Å². The number of methoxy groups -OCH3 is 1. The molecule has 0 aromatic rings. The summed E-state index contributed by atoms with van der Waals surface area (Å²) in [6.07, 6.45) is 6.30. The van der Waals surface area contributed by atoms with Crippen LogP contribution in [0, 0.1) is 0 Å². The summed E-state index contributed by atoms with van der Waals surface area (Å²) in [5, 5.41) is 6.53. The van der Waals surface area contributed by atoms with Gasteiger partial charge < -0.3 is 9.47 Å². The molecule has 1 fully saturated rings. The van der Waals surface area contributed by atoms with Crippen molar-refractivity contribution in [3.8, 4) is 0 Å². The van der Waals surface area contributed by atoms with Crippen molar-refractivity contribution in [3.63, 3.8) is 0 Å². The van der Waals surface area contributed by atoms with E-state index in [4.69, 9.17) is 9.47 Å². The molecular formula is C13H24N2O3. The van der Waals surface area contributed by atoms with Crippen LogP contribution in [0.1, 0.15) is 39.0 Å². The van der Waals surface area contributed by atoms with Crippen LogP contribution in [0.3, 0.4) is 0 Å². The SMILES string of the molecule is CCOC(=O)CCC/C=N/N1CCC[C@H]1COC. The first-order valence-electron chi connectivity index (χ1n) is 6.71. The van der Waals surface area contributed by atoms with Crippen LogP contribution in [-0.2, 0) is 14.3 Å². The van der Waals surface area contributed by atoms with Gasteiger partial charge in [0.25, 0.3) is 0 Å². The molecule has 0 N–H and O–H groups in total. The van der Waals surface area contributed by atoms with Crippen molar-refractivity contribution >= 4 is 12.2 Å². The van der Waals surface area contributed by atoms with Gasteiger partial charge in [-0.15, -0.1) is 0 Å². The molecule has 104 valence electrons. The van der Waals surface area contributed by atoms with Gasteiger partial charge in [-0.1, -0.05) is 0 Å². The number of carbonyl (C=O) groups is 1. The maximum atomic E-state index is 11.1. The van der Waals surface area contributed by atoms with E-state index in [0.717, 1.165) is 32.4 Å². The molecule has 0 amide bonds. The predicted molar refractivity (Wildman–Crippen MR) is 70.6 cm³/mol. The number of esters is 1. The summed E-state index contributed by atoms with van der Waals surface area (Å²) in [6, 6.07) is 0.413. The number of nitrogens with zero attached hydrogens (tertiary/aromatic N) is 2. The first-order chi connectivity index (χ1) is 8.77. The van der Waals surface area contributed by atoms with E-state index < -0.39 is 0 Å². The zero-order valence-corrected chi connectivity index (χ0v) is 11.4. The molecule has 0 bridgehead atoms. The number of ether oxygens (including phenoxy) is 2. The molecule has 18 heavy (non-hydrogen) atoms. The molecule has 0 radical (unpaired) electrons. The second-order valence-electron chi connectivity index (χ2n) is 4.41. The van der Waals surface area contributed by atoms with Gasteiger partial charge in [0, 0.05) is 26.3 Å². The zero-order chi connectivity index (χ0) is 13.2. The molecule has 1 atom stereocenters. The van der Waals surface area contributed by atoms with Crippen LogP contribution in [0.25, 0.3) is 0 Å². The van der Waals surface area contributed by atoms with E-state index in [-0.39, 0.29) is 5.97 Å². The number of hydrogen-bond acceptors (Lipinski definition) is 5. The molecule has 0 aromatic carbocycles. The molecule has 5 nitrogen and oxygen atoms in total. The van der Waals surface area contributed by atoms with E-state index in [2.05, 4.69) is 10.1 Å². The summed E-state index contributed by atoms with van der Waals surface area (Å²) >= 11 is 0. The lowest BCUT2D eigenvalue weighted by atomic mass is 10.2. The summed E-state index contributed by atoms with van der Waals surface area (Å²) in [6.45, 7) is 4.02. The van der Waals surface area contributed by atoms with Crippen molar-refractivity contribution in [2.45, 2.75) is 45.1 Å².